The molecule has 0 aliphatic heterocycles. The van der Waals surface area contributed by atoms with Gasteiger partial charge in [0.05, 0.1) is 17.4 Å². The second kappa shape index (κ2) is 5.28. The molecule has 0 atom stereocenters. The predicted molar refractivity (Wildman–Crippen MR) is 85.8 cm³/mol. The fourth-order valence-corrected chi connectivity index (χ4v) is 3.00. The monoisotopic (exact) mass is 370 g/mol. The summed E-state index contributed by atoms with van der Waals surface area (Å²) in [6.45, 7) is 0.410. The van der Waals surface area contributed by atoms with Crippen LogP contribution < -0.4 is 5.56 Å². The number of aromatic nitrogens is 2. The smallest absolute Gasteiger partial charge is 0.271 e. The number of hydrogen-bond acceptors (Lipinski definition) is 1. The number of halogens is 3. The van der Waals surface area contributed by atoms with Crippen molar-refractivity contribution in [2.75, 3.05) is 0 Å². The number of benzene rings is 2. The fourth-order valence-electron chi connectivity index (χ4n) is 2.13. The molecule has 0 amide bonds. The van der Waals surface area contributed by atoms with Gasteiger partial charge in [0.1, 0.15) is 0 Å². The molecule has 0 saturated carbocycles. The lowest BCUT2D eigenvalue weighted by atomic mass is 10.2. The molecule has 0 aliphatic carbocycles. The van der Waals surface area contributed by atoms with Gasteiger partial charge in [-0.1, -0.05) is 45.2 Å². The molecule has 1 heterocycles. The summed E-state index contributed by atoms with van der Waals surface area (Å²) in [5.41, 5.74) is 1.46. The van der Waals surface area contributed by atoms with E-state index in [1.54, 1.807) is 28.9 Å². The van der Waals surface area contributed by atoms with E-state index in [0.29, 0.717) is 22.0 Å². The van der Waals surface area contributed by atoms with E-state index in [9.17, 15) is 4.79 Å². The van der Waals surface area contributed by atoms with Gasteiger partial charge < -0.3 is 0 Å². The van der Waals surface area contributed by atoms with Gasteiger partial charge in [-0.3, -0.25) is 14.6 Å². The molecule has 6 heteroatoms. The number of rotatable bonds is 2. The van der Waals surface area contributed by atoms with Crippen LogP contribution in [0.4, 0.5) is 0 Å². The van der Waals surface area contributed by atoms with Crippen LogP contribution in [0, 0.1) is 0 Å². The average molecular weight is 372 g/mol. The van der Waals surface area contributed by atoms with Gasteiger partial charge in [0.25, 0.3) is 5.56 Å². The van der Waals surface area contributed by atoms with Gasteiger partial charge in [0.2, 0.25) is 0 Å². The van der Waals surface area contributed by atoms with Crippen LogP contribution in [0.15, 0.2) is 45.7 Å². The van der Waals surface area contributed by atoms with Crippen molar-refractivity contribution < 1.29 is 0 Å². The van der Waals surface area contributed by atoms with E-state index in [-0.39, 0.29) is 5.56 Å². The Kier molecular flexibility index (Phi) is 3.63. The molecule has 2 aromatic carbocycles. The van der Waals surface area contributed by atoms with Crippen LogP contribution in [0.5, 0.6) is 0 Å². The maximum Gasteiger partial charge on any atom is 0.271 e. The molecule has 20 heavy (non-hydrogen) atoms. The Balaban J connectivity index is 2.16. The average Bonchev–Trinajstić information content (AvgIpc) is 2.70. The van der Waals surface area contributed by atoms with Gasteiger partial charge in [-0.2, -0.15) is 0 Å². The molecule has 0 fully saturated rings. The maximum absolute atomic E-state index is 11.9. The highest BCUT2D eigenvalue weighted by Gasteiger charge is 2.11. The highest BCUT2D eigenvalue weighted by atomic mass is 79.9. The predicted octanol–water partition coefficient (Wildman–Crippen LogP) is 4.45. The van der Waals surface area contributed by atoms with E-state index >= 15 is 0 Å². The first kappa shape index (κ1) is 13.7. The number of hydrogen-bond donors (Lipinski definition) is 1. The van der Waals surface area contributed by atoms with Crippen LogP contribution in [0.2, 0.25) is 10.0 Å². The standard InChI is InChI=1S/C14H9BrCl2N2O/c15-8-4-5-9-13(6-8)19(18-14(9)20)7-10-11(16)2-1-3-12(10)17/h1-6H,7H2,(H,18,20). The van der Waals surface area contributed by atoms with Gasteiger partial charge >= 0.3 is 0 Å². The van der Waals surface area contributed by atoms with E-state index in [0.717, 1.165) is 15.6 Å². The van der Waals surface area contributed by atoms with Crippen LogP contribution in [0.25, 0.3) is 10.9 Å². The molecular formula is C14H9BrCl2N2O. The third-order valence-electron chi connectivity index (χ3n) is 3.11. The van der Waals surface area contributed by atoms with Crippen LogP contribution in [-0.2, 0) is 6.54 Å². The van der Waals surface area contributed by atoms with Crippen molar-refractivity contribution in [1.82, 2.24) is 9.78 Å². The summed E-state index contributed by atoms with van der Waals surface area (Å²) >= 11 is 15.7. The first-order valence-electron chi connectivity index (χ1n) is 5.87. The van der Waals surface area contributed by atoms with Gasteiger partial charge in [-0.25, -0.2) is 0 Å². The molecule has 0 unspecified atom stereocenters. The second-order valence-electron chi connectivity index (χ2n) is 4.39. The van der Waals surface area contributed by atoms with Crippen LogP contribution in [0.3, 0.4) is 0 Å². The maximum atomic E-state index is 11.9. The molecule has 0 spiro atoms. The SMILES string of the molecule is O=c1[nH]n(Cc2c(Cl)cccc2Cl)c2cc(Br)ccc12. The van der Waals surface area contributed by atoms with Crippen molar-refractivity contribution in [2.45, 2.75) is 6.54 Å². The number of fused-ring (bicyclic) bond motifs is 1. The molecule has 1 N–H and O–H groups in total. The van der Waals surface area contributed by atoms with E-state index in [1.165, 1.54) is 0 Å². The van der Waals surface area contributed by atoms with Crippen molar-refractivity contribution in [2.24, 2.45) is 0 Å². The summed E-state index contributed by atoms with van der Waals surface area (Å²) in [5.74, 6) is 0. The Labute approximate surface area is 133 Å². The molecular weight excluding hydrogens is 363 g/mol. The summed E-state index contributed by atoms with van der Waals surface area (Å²) in [6, 6.07) is 10.9. The zero-order valence-electron chi connectivity index (χ0n) is 10.2. The van der Waals surface area contributed by atoms with Crippen LogP contribution in [-0.4, -0.2) is 9.78 Å². The molecule has 102 valence electrons. The molecule has 0 bridgehead atoms. The van der Waals surface area contributed by atoms with Crippen molar-refractivity contribution in [3.8, 4) is 0 Å². The first-order valence-corrected chi connectivity index (χ1v) is 7.42. The summed E-state index contributed by atoms with van der Waals surface area (Å²) in [6.07, 6.45) is 0. The van der Waals surface area contributed by atoms with Crippen molar-refractivity contribution in [3.63, 3.8) is 0 Å². The van der Waals surface area contributed by atoms with Gasteiger partial charge in [0.15, 0.2) is 0 Å². The highest BCUT2D eigenvalue weighted by Crippen LogP contribution is 2.26. The largest absolute Gasteiger partial charge is 0.280 e. The zero-order valence-corrected chi connectivity index (χ0v) is 13.3. The zero-order chi connectivity index (χ0) is 14.3. The lowest BCUT2D eigenvalue weighted by Gasteiger charge is -2.09. The topological polar surface area (TPSA) is 37.8 Å². The third-order valence-corrected chi connectivity index (χ3v) is 4.31. The second-order valence-corrected chi connectivity index (χ2v) is 6.12. The van der Waals surface area contributed by atoms with E-state index in [2.05, 4.69) is 21.0 Å². The minimum Gasteiger partial charge on any atom is -0.280 e. The van der Waals surface area contributed by atoms with E-state index in [1.807, 2.05) is 12.1 Å². The van der Waals surface area contributed by atoms with Crippen molar-refractivity contribution in [3.05, 3.63) is 66.8 Å². The Bertz CT molecular complexity index is 834. The summed E-state index contributed by atoms with van der Waals surface area (Å²) < 4.78 is 2.65. The van der Waals surface area contributed by atoms with Crippen LogP contribution >= 0.6 is 39.1 Å². The molecule has 3 nitrogen and oxygen atoms in total. The van der Waals surface area contributed by atoms with Crippen LogP contribution in [0.1, 0.15) is 5.56 Å². The molecule has 0 aliphatic rings. The Morgan fingerprint density at radius 2 is 1.85 bits per heavy atom. The minimum absolute atomic E-state index is 0.129. The summed E-state index contributed by atoms with van der Waals surface area (Å²) in [5, 5.41) is 4.60. The van der Waals surface area contributed by atoms with E-state index in [4.69, 9.17) is 23.2 Å². The Hall–Kier alpha value is -1.23. The van der Waals surface area contributed by atoms with Gasteiger partial charge in [-0.05, 0) is 30.3 Å². The van der Waals surface area contributed by atoms with E-state index < -0.39 is 0 Å². The Morgan fingerprint density at radius 1 is 1.15 bits per heavy atom. The first-order chi connectivity index (χ1) is 9.56. The Morgan fingerprint density at radius 3 is 2.55 bits per heavy atom. The number of H-pyrrole nitrogens is 1. The molecule has 0 radical (unpaired) electrons. The molecule has 1 aromatic heterocycles. The summed E-state index contributed by atoms with van der Waals surface area (Å²) in [4.78, 5) is 11.9. The van der Waals surface area contributed by atoms with Crippen molar-refractivity contribution in [1.29, 1.82) is 0 Å². The fraction of sp³-hybridized carbons (Fsp3) is 0.0714. The van der Waals surface area contributed by atoms with Gasteiger partial charge in [0, 0.05) is 20.1 Å². The molecule has 0 saturated heterocycles. The lowest BCUT2D eigenvalue weighted by molar-refractivity contribution is 0.703. The summed E-state index contributed by atoms with van der Waals surface area (Å²) in [7, 11) is 0. The van der Waals surface area contributed by atoms with Gasteiger partial charge in [-0.15, -0.1) is 0 Å². The normalized spacial score (nSPS) is 11.2. The number of aromatic amines is 1. The molecule has 3 aromatic rings. The quantitative estimate of drug-likeness (QED) is 0.710. The lowest BCUT2D eigenvalue weighted by Crippen LogP contribution is -2.07. The minimum atomic E-state index is -0.129. The number of nitrogens with one attached hydrogen (secondary N) is 1. The number of nitrogens with zero attached hydrogens (tertiary/aromatic N) is 1. The third kappa shape index (κ3) is 2.39. The van der Waals surface area contributed by atoms with Crippen molar-refractivity contribution >= 4 is 50.0 Å². The highest BCUT2D eigenvalue weighted by molar-refractivity contribution is 9.10. The molecule has 3 rings (SSSR count).